The number of anilines is 1. The second kappa shape index (κ2) is 14.2. The fourth-order valence-corrected chi connectivity index (χ4v) is 5.41. The van der Waals surface area contributed by atoms with Crippen molar-refractivity contribution in [1.29, 1.82) is 0 Å². The zero-order valence-electron chi connectivity index (χ0n) is 23.8. The summed E-state index contributed by atoms with van der Waals surface area (Å²) in [5, 5.41) is 4.60. The smallest absolute Gasteiger partial charge is 0.227 e. The van der Waals surface area contributed by atoms with E-state index in [1.807, 2.05) is 53.4 Å². The first-order chi connectivity index (χ1) is 20.5. The van der Waals surface area contributed by atoms with E-state index in [-0.39, 0.29) is 11.8 Å². The monoisotopic (exact) mass is 586 g/mol. The molecule has 2 aromatic carbocycles. The number of aromatic nitrogens is 3. The van der Waals surface area contributed by atoms with Crippen LogP contribution in [0.15, 0.2) is 77.4 Å². The Bertz CT molecular complexity index is 1480. The van der Waals surface area contributed by atoms with Gasteiger partial charge in [0.25, 0.3) is 0 Å². The standard InChI is InChI=1S/C32H35ClN6O3/c1-24(40)39-18-8-17-37(22-25-9-3-2-4-10-25)19-20-38(23-26-21-27(33)14-15-29(26)39)31(41)13-7-12-30-35-32(36-42-30)28-11-5-6-16-34-28/h2-6,9-11,14-16,21H,7-8,12-13,17-20,22-23H2,1H3. The fourth-order valence-electron chi connectivity index (χ4n) is 5.22. The number of hydrogen-bond acceptors (Lipinski definition) is 7. The van der Waals surface area contributed by atoms with E-state index in [0.29, 0.717) is 67.9 Å². The van der Waals surface area contributed by atoms with Crippen LogP contribution >= 0.6 is 11.6 Å². The van der Waals surface area contributed by atoms with E-state index in [0.717, 1.165) is 30.8 Å². The fraction of sp³-hybridized carbons (Fsp3) is 0.344. The maximum absolute atomic E-state index is 13.7. The van der Waals surface area contributed by atoms with Gasteiger partial charge >= 0.3 is 0 Å². The summed E-state index contributed by atoms with van der Waals surface area (Å²) in [5.74, 6) is 0.906. The molecule has 0 saturated carbocycles. The van der Waals surface area contributed by atoms with E-state index in [2.05, 4.69) is 32.2 Å². The van der Waals surface area contributed by atoms with Crippen LogP contribution in [-0.2, 0) is 29.1 Å². The summed E-state index contributed by atoms with van der Waals surface area (Å²) in [7, 11) is 0. The minimum atomic E-state index is -0.0325. The summed E-state index contributed by atoms with van der Waals surface area (Å²) in [6.07, 6.45) is 3.87. The van der Waals surface area contributed by atoms with E-state index in [9.17, 15) is 9.59 Å². The molecule has 0 unspecified atom stereocenters. The molecule has 4 aromatic rings. The Balaban J connectivity index is 1.31. The molecule has 9 nitrogen and oxygen atoms in total. The quantitative estimate of drug-likeness (QED) is 0.286. The maximum Gasteiger partial charge on any atom is 0.227 e. The zero-order valence-corrected chi connectivity index (χ0v) is 24.5. The lowest BCUT2D eigenvalue weighted by Gasteiger charge is -2.28. The van der Waals surface area contributed by atoms with Crippen molar-refractivity contribution in [3.05, 3.63) is 95.0 Å². The number of nitrogens with zero attached hydrogens (tertiary/aromatic N) is 6. The largest absolute Gasteiger partial charge is 0.339 e. The first-order valence-electron chi connectivity index (χ1n) is 14.3. The molecule has 5 rings (SSSR count). The van der Waals surface area contributed by atoms with Gasteiger partial charge in [0.1, 0.15) is 5.69 Å². The molecule has 0 saturated heterocycles. The highest BCUT2D eigenvalue weighted by atomic mass is 35.5. The van der Waals surface area contributed by atoms with Gasteiger partial charge in [-0.05, 0) is 54.3 Å². The molecule has 0 bridgehead atoms. The molecule has 3 heterocycles. The van der Waals surface area contributed by atoms with Gasteiger partial charge in [-0.15, -0.1) is 0 Å². The minimum Gasteiger partial charge on any atom is -0.339 e. The molecule has 2 amide bonds. The van der Waals surface area contributed by atoms with E-state index in [4.69, 9.17) is 16.1 Å². The maximum atomic E-state index is 13.7. The van der Waals surface area contributed by atoms with Crippen molar-refractivity contribution in [3.8, 4) is 11.5 Å². The molecule has 0 spiro atoms. The number of hydrogen-bond donors (Lipinski definition) is 0. The average molecular weight is 587 g/mol. The molecule has 0 fully saturated rings. The average Bonchev–Trinajstić information content (AvgIpc) is 3.46. The normalized spacial score (nSPS) is 14.7. The summed E-state index contributed by atoms with van der Waals surface area (Å²) in [6.45, 7) is 5.39. The van der Waals surface area contributed by atoms with E-state index >= 15 is 0 Å². The van der Waals surface area contributed by atoms with Gasteiger partial charge in [-0.2, -0.15) is 4.98 Å². The van der Waals surface area contributed by atoms with Crippen molar-refractivity contribution in [2.24, 2.45) is 0 Å². The second-order valence-corrected chi connectivity index (χ2v) is 10.9. The number of carbonyl (C=O) groups excluding carboxylic acids is 2. The lowest BCUT2D eigenvalue weighted by molar-refractivity contribution is -0.132. The highest BCUT2D eigenvalue weighted by Gasteiger charge is 2.23. The van der Waals surface area contributed by atoms with Crippen LogP contribution in [0, 0.1) is 0 Å². The number of aryl methyl sites for hydroxylation is 1. The van der Waals surface area contributed by atoms with Crippen LogP contribution in [0.1, 0.15) is 43.2 Å². The van der Waals surface area contributed by atoms with Gasteiger partial charge in [-0.1, -0.05) is 53.2 Å². The van der Waals surface area contributed by atoms with Gasteiger partial charge in [0.05, 0.1) is 0 Å². The highest BCUT2D eigenvalue weighted by molar-refractivity contribution is 6.30. The predicted octanol–water partition coefficient (Wildman–Crippen LogP) is 5.40. The van der Waals surface area contributed by atoms with Gasteiger partial charge < -0.3 is 14.3 Å². The Labute approximate surface area is 251 Å². The Morgan fingerprint density at radius 2 is 1.81 bits per heavy atom. The molecule has 10 heteroatoms. The molecule has 42 heavy (non-hydrogen) atoms. The molecule has 2 aromatic heterocycles. The van der Waals surface area contributed by atoms with E-state index < -0.39 is 0 Å². The van der Waals surface area contributed by atoms with Crippen LogP contribution in [0.4, 0.5) is 5.69 Å². The Kier molecular flexibility index (Phi) is 9.94. The van der Waals surface area contributed by atoms with Crippen molar-refractivity contribution >= 4 is 29.1 Å². The molecular weight excluding hydrogens is 552 g/mol. The number of pyridine rings is 1. The third-order valence-corrected chi connectivity index (χ3v) is 7.60. The molecule has 0 N–H and O–H groups in total. The number of carbonyl (C=O) groups is 2. The first kappa shape index (κ1) is 29.4. The summed E-state index contributed by atoms with van der Waals surface area (Å²) < 4.78 is 5.41. The van der Waals surface area contributed by atoms with Gasteiger partial charge in [0, 0.05) is 75.9 Å². The molecular formula is C32H35ClN6O3. The number of rotatable bonds is 7. The van der Waals surface area contributed by atoms with Gasteiger partial charge in [-0.25, -0.2) is 0 Å². The van der Waals surface area contributed by atoms with Crippen LogP contribution < -0.4 is 4.90 Å². The SMILES string of the molecule is CC(=O)N1CCCN(Cc2ccccc2)CCN(C(=O)CCCc2nc(-c3ccccn3)no2)Cc2cc(Cl)ccc21. The van der Waals surface area contributed by atoms with Gasteiger partial charge in [0.2, 0.25) is 23.5 Å². The minimum absolute atomic E-state index is 0.0265. The Morgan fingerprint density at radius 1 is 0.976 bits per heavy atom. The molecule has 0 aliphatic carbocycles. The summed E-state index contributed by atoms with van der Waals surface area (Å²) in [6, 6.07) is 21.4. The first-order valence-corrected chi connectivity index (χ1v) is 14.7. The van der Waals surface area contributed by atoms with Gasteiger partial charge in [0.15, 0.2) is 0 Å². The van der Waals surface area contributed by atoms with Crippen LogP contribution in [0.2, 0.25) is 5.02 Å². The lowest BCUT2D eigenvalue weighted by Crippen LogP contribution is -2.38. The molecule has 218 valence electrons. The number of benzene rings is 2. The molecule has 0 atom stereocenters. The number of halogens is 1. The third kappa shape index (κ3) is 7.80. The number of fused-ring (bicyclic) bond motifs is 1. The number of amides is 2. The van der Waals surface area contributed by atoms with Crippen molar-refractivity contribution in [2.45, 2.75) is 45.7 Å². The van der Waals surface area contributed by atoms with Crippen molar-refractivity contribution in [3.63, 3.8) is 0 Å². The highest BCUT2D eigenvalue weighted by Crippen LogP contribution is 2.27. The van der Waals surface area contributed by atoms with Crippen LogP contribution in [0.3, 0.4) is 0 Å². The second-order valence-electron chi connectivity index (χ2n) is 10.5. The van der Waals surface area contributed by atoms with Crippen LogP contribution in [0.25, 0.3) is 11.5 Å². The zero-order chi connectivity index (χ0) is 29.3. The van der Waals surface area contributed by atoms with Crippen molar-refractivity contribution in [1.82, 2.24) is 24.9 Å². The Morgan fingerprint density at radius 3 is 2.60 bits per heavy atom. The predicted molar refractivity (Wildman–Crippen MR) is 162 cm³/mol. The summed E-state index contributed by atoms with van der Waals surface area (Å²) in [4.78, 5) is 41.1. The Hall–Kier alpha value is -4.08. The molecule has 0 radical (unpaired) electrons. The van der Waals surface area contributed by atoms with Crippen molar-refractivity contribution in [2.75, 3.05) is 31.1 Å². The van der Waals surface area contributed by atoms with E-state index in [1.165, 1.54) is 5.56 Å². The molecule has 1 aliphatic rings. The summed E-state index contributed by atoms with van der Waals surface area (Å²) in [5.41, 5.74) is 3.52. The van der Waals surface area contributed by atoms with Crippen LogP contribution in [0.5, 0.6) is 0 Å². The lowest BCUT2D eigenvalue weighted by atomic mass is 10.1. The van der Waals surface area contributed by atoms with Crippen LogP contribution in [-0.4, -0.2) is 62.9 Å². The van der Waals surface area contributed by atoms with Crippen molar-refractivity contribution < 1.29 is 14.1 Å². The molecule has 1 aliphatic heterocycles. The topological polar surface area (TPSA) is 95.7 Å². The summed E-state index contributed by atoms with van der Waals surface area (Å²) >= 11 is 6.40. The van der Waals surface area contributed by atoms with Gasteiger partial charge in [-0.3, -0.25) is 19.5 Å². The third-order valence-electron chi connectivity index (χ3n) is 7.36. The van der Waals surface area contributed by atoms with E-state index in [1.54, 1.807) is 24.1 Å².